The van der Waals surface area contributed by atoms with Crippen LogP contribution in [0.5, 0.6) is 0 Å². The summed E-state index contributed by atoms with van der Waals surface area (Å²) in [5.74, 6) is -1.60. The standard InChI is InChI=1S/C15H14O4/c1-15(2,10-6-4-3-5-7-10)13(16)11-8-9-12(19-11)14(17)18/h3-9H,1-2H3,(H,17,18). The second kappa shape index (κ2) is 4.72. The molecule has 0 atom stereocenters. The van der Waals surface area contributed by atoms with E-state index in [0.717, 1.165) is 5.56 Å². The minimum Gasteiger partial charge on any atom is -0.475 e. The van der Waals surface area contributed by atoms with Crippen molar-refractivity contribution in [1.82, 2.24) is 0 Å². The molecule has 0 amide bonds. The molecule has 0 fully saturated rings. The summed E-state index contributed by atoms with van der Waals surface area (Å²) in [6.45, 7) is 3.57. The van der Waals surface area contributed by atoms with Crippen LogP contribution in [0.4, 0.5) is 0 Å². The maximum absolute atomic E-state index is 12.4. The Morgan fingerprint density at radius 1 is 1.00 bits per heavy atom. The van der Waals surface area contributed by atoms with E-state index in [9.17, 15) is 9.59 Å². The van der Waals surface area contributed by atoms with Gasteiger partial charge in [0.1, 0.15) is 0 Å². The molecule has 0 unspecified atom stereocenters. The molecule has 0 radical (unpaired) electrons. The van der Waals surface area contributed by atoms with Crippen LogP contribution < -0.4 is 0 Å². The number of aromatic carboxylic acids is 1. The Hall–Kier alpha value is -2.36. The summed E-state index contributed by atoms with van der Waals surface area (Å²) in [5, 5.41) is 8.79. The minimum atomic E-state index is -1.18. The fourth-order valence-corrected chi connectivity index (χ4v) is 1.87. The highest BCUT2D eigenvalue weighted by Crippen LogP contribution is 2.28. The zero-order chi connectivity index (χ0) is 14.0. The number of ketones is 1. The van der Waals surface area contributed by atoms with Crippen LogP contribution in [0.3, 0.4) is 0 Å². The second-order valence-electron chi connectivity index (χ2n) is 4.79. The molecule has 19 heavy (non-hydrogen) atoms. The smallest absolute Gasteiger partial charge is 0.371 e. The molecule has 0 bridgehead atoms. The van der Waals surface area contributed by atoms with Crippen LogP contribution in [-0.4, -0.2) is 16.9 Å². The highest BCUT2D eigenvalue weighted by atomic mass is 16.4. The molecule has 0 spiro atoms. The van der Waals surface area contributed by atoms with Crippen LogP contribution in [0.15, 0.2) is 46.9 Å². The Labute approximate surface area is 110 Å². The van der Waals surface area contributed by atoms with Crippen molar-refractivity contribution in [3.8, 4) is 0 Å². The van der Waals surface area contributed by atoms with Crippen molar-refractivity contribution in [2.24, 2.45) is 0 Å². The number of furan rings is 1. The lowest BCUT2D eigenvalue weighted by atomic mass is 9.80. The van der Waals surface area contributed by atoms with Crippen LogP contribution in [0.25, 0.3) is 0 Å². The summed E-state index contributed by atoms with van der Waals surface area (Å²) in [6.07, 6.45) is 0. The summed E-state index contributed by atoms with van der Waals surface area (Å²) in [5.41, 5.74) is 0.0859. The van der Waals surface area contributed by atoms with Gasteiger partial charge in [0.05, 0.1) is 5.41 Å². The van der Waals surface area contributed by atoms with Gasteiger partial charge in [-0.05, 0) is 31.5 Å². The van der Waals surface area contributed by atoms with E-state index in [-0.39, 0.29) is 17.3 Å². The number of carbonyl (C=O) groups is 2. The summed E-state index contributed by atoms with van der Waals surface area (Å²) >= 11 is 0. The first-order valence-electron chi connectivity index (χ1n) is 5.86. The highest BCUT2D eigenvalue weighted by Gasteiger charge is 2.33. The van der Waals surface area contributed by atoms with Crippen LogP contribution >= 0.6 is 0 Å². The van der Waals surface area contributed by atoms with Crippen molar-refractivity contribution < 1.29 is 19.1 Å². The number of carbonyl (C=O) groups excluding carboxylic acids is 1. The SMILES string of the molecule is CC(C)(C(=O)c1ccc(C(=O)O)o1)c1ccccc1. The summed E-state index contributed by atoms with van der Waals surface area (Å²) in [4.78, 5) is 23.2. The lowest BCUT2D eigenvalue weighted by molar-refractivity contribution is 0.0658. The average molecular weight is 258 g/mol. The number of benzene rings is 1. The molecule has 1 heterocycles. The molecule has 0 saturated heterocycles. The first-order chi connectivity index (χ1) is 8.93. The van der Waals surface area contributed by atoms with E-state index in [1.54, 1.807) is 13.8 Å². The number of rotatable bonds is 4. The third kappa shape index (κ3) is 2.42. The van der Waals surface area contributed by atoms with Gasteiger partial charge in [-0.15, -0.1) is 0 Å². The molecule has 2 aromatic rings. The molecule has 1 aromatic heterocycles. The molecule has 0 aliphatic carbocycles. The van der Waals surface area contributed by atoms with Crippen molar-refractivity contribution in [3.63, 3.8) is 0 Å². The van der Waals surface area contributed by atoms with Crippen LogP contribution in [0.1, 0.15) is 40.5 Å². The van der Waals surface area contributed by atoms with Crippen LogP contribution in [0, 0.1) is 0 Å². The Balaban J connectivity index is 2.35. The zero-order valence-electron chi connectivity index (χ0n) is 10.7. The number of hydrogen-bond donors (Lipinski definition) is 1. The van der Waals surface area contributed by atoms with E-state index in [2.05, 4.69) is 0 Å². The number of Topliss-reactive ketones (excluding diaryl/α,β-unsaturated/α-hetero) is 1. The number of carboxylic acid groups (broad SMARTS) is 1. The van der Waals surface area contributed by atoms with E-state index in [1.165, 1.54) is 12.1 Å². The number of carboxylic acids is 1. The van der Waals surface area contributed by atoms with E-state index < -0.39 is 11.4 Å². The predicted octanol–water partition coefficient (Wildman–Crippen LogP) is 3.14. The molecule has 0 aliphatic rings. The molecule has 4 heteroatoms. The van der Waals surface area contributed by atoms with Gasteiger partial charge in [0.25, 0.3) is 0 Å². The monoisotopic (exact) mass is 258 g/mol. The number of hydrogen-bond acceptors (Lipinski definition) is 3. The fourth-order valence-electron chi connectivity index (χ4n) is 1.87. The highest BCUT2D eigenvalue weighted by molar-refractivity contribution is 6.02. The summed E-state index contributed by atoms with van der Waals surface area (Å²) < 4.78 is 5.07. The molecular weight excluding hydrogens is 244 g/mol. The van der Waals surface area contributed by atoms with Gasteiger partial charge in [-0.3, -0.25) is 4.79 Å². The molecule has 1 aromatic carbocycles. The Morgan fingerprint density at radius 3 is 2.11 bits per heavy atom. The van der Waals surface area contributed by atoms with Crippen LogP contribution in [-0.2, 0) is 5.41 Å². The molecule has 4 nitrogen and oxygen atoms in total. The van der Waals surface area contributed by atoms with Crippen molar-refractivity contribution in [1.29, 1.82) is 0 Å². The third-order valence-electron chi connectivity index (χ3n) is 3.10. The summed E-state index contributed by atoms with van der Waals surface area (Å²) in [6, 6.07) is 12.0. The van der Waals surface area contributed by atoms with E-state index in [1.807, 2.05) is 30.3 Å². The van der Waals surface area contributed by atoms with Gasteiger partial charge < -0.3 is 9.52 Å². The second-order valence-corrected chi connectivity index (χ2v) is 4.79. The fraction of sp³-hybridized carbons (Fsp3) is 0.200. The Morgan fingerprint density at radius 2 is 1.58 bits per heavy atom. The molecule has 1 N–H and O–H groups in total. The van der Waals surface area contributed by atoms with E-state index in [4.69, 9.17) is 9.52 Å². The van der Waals surface area contributed by atoms with Crippen molar-refractivity contribution in [3.05, 3.63) is 59.5 Å². The lowest BCUT2D eigenvalue weighted by Crippen LogP contribution is -2.28. The lowest BCUT2D eigenvalue weighted by Gasteiger charge is -2.22. The van der Waals surface area contributed by atoms with E-state index >= 15 is 0 Å². The van der Waals surface area contributed by atoms with Crippen molar-refractivity contribution in [2.75, 3.05) is 0 Å². The van der Waals surface area contributed by atoms with Crippen LogP contribution in [0.2, 0.25) is 0 Å². The van der Waals surface area contributed by atoms with Gasteiger partial charge >= 0.3 is 5.97 Å². The quantitative estimate of drug-likeness (QED) is 0.855. The largest absolute Gasteiger partial charge is 0.475 e. The molecule has 0 aliphatic heterocycles. The van der Waals surface area contributed by atoms with Gasteiger partial charge in [-0.1, -0.05) is 30.3 Å². The third-order valence-corrected chi connectivity index (χ3v) is 3.10. The van der Waals surface area contributed by atoms with Gasteiger partial charge in [-0.25, -0.2) is 4.79 Å². The summed E-state index contributed by atoms with van der Waals surface area (Å²) in [7, 11) is 0. The minimum absolute atomic E-state index is 0.0613. The van der Waals surface area contributed by atoms with Gasteiger partial charge in [0.2, 0.25) is 11.5 Å². The molecular formula is C15H14O4. The first-order valence-corrected chi connectivity index (χ1v) is 5.86. The first kappa shape index (κ1) is 13.1. The topological polar surface area (TPSA) is 67.5 Å². The molecule has 98 valence electrons. The zero-order valence-corrected chi connectivity index (χ0v) is 10.7. The van der Waals surface area contributed by atoms with Gasteiger partial charge in [-0.2, -0.15) is 0 Å². The van der Waals surface area contributed by atoms with Crippen molar-refractivity contribution >= 4 is 11.8 Å². The predicted molar refractivity (Wildman–Crippen MR) is 69.5 cm³/mol. The van der Waals surface area contributed by atoms with Gasteiger partial charge in [0.15, 0.2) is 5.76 Å². The Kier molecular flexibility index (Phi) is 3.25. The maximum Gasteiger partial charge on any atom is 0.371 e. The van der Waals surface area contributed by atoms with Gasteiger partial charge in [0, 0.05) is 0 Å². The normalized spacial score (nSPS) is 11.3. The Bertz CT molecular complexity index is 608. The molecule has 0 saturated carbocycles. The molecule has 2 rings (SSSR count). The maximum atomic E-state index is 12.4. The van der Waals surface area contributed by atoms with E-state index in [0.29, 0.717) is 0 Å². The average Bonchev–Trinajstić information content (AvgIpc) is 2.88. The van der Waals surface area contributed by atoms with Crippen molar-refractivity contribution in [2.45, 2.75) is 19.3 Å².